The van der Waals surface area contributed by atoms with Gasteiger partial charge in [-0.3, -0.25) is 9.59 Å². The summed E-state index contributed by atoms with van der Waals surface area (Å²) in [5.41, 5.74) is 0.476. The van der Waals surface area contributed by atoms with Gasteiger partial charge in [-0.05, 0) is 18.2 Å². The van der Waals surface area contributed by atoms with Gasteiger partial charge in [0.1, 0.15) is 5.82 Å². The molecule has 1 atom stereocenters. The number of carbonyl (C=O) groups is 2. The average Bonchev–Trinajstić information content (AvgIpc) is 2.78. The van der Waals surface area contributed by atoms with E-state index in [2.05, 4.69) is 13.8 Å². The molecule has 0 radical (unpaired) electrons. The third-order valence-corrected chi connectivity index (χ3v) is 5.03. The van der Waals surface area contributed by atoms with E-state index in [1.807, 2.05) is 6.26 Å². The highest BCUT2D eigenvalue weighted by atomic mass is 32.2. The zero-order valence-corrected chi connectivity index (χ0v) is 17.1. The second-order valence-electron chi connectivity index (χ2n) is 7.23. The van der Waals surface area contributed by atoms with Crippen LogP contribution >= 0.6 is 11.8 Å². The predicted octanol–water partition coefficient (Wildman–Crippen LogP) is 2.79. The summed E-state index contributed by atoms with van der Waals surface area (Å²) in [6, 6.07) is 6.49. The Hall–Kier alpha value is -1.60. The van der Waals surface area contributed by atoms with E-state index < -0.39 is 0 Å². The molecule has 1 saturated heterocycles. The predicted molar refractivity (Wildman–Crippen MR) is 106 cm³/mol. The summed E-state index contributed by atoms with van der Waals surface area (Å²) in [5.74, 6) is 0.635. The van der Waals surface area contributed by atoms with Crippen molar-refractivity contribution in [2.75, 3.05) is 38.2 Å². The third-order valence-electron chi connectivity index (χ3n) is 4.42. The second kappa shape index (κ2) is 10.7. The molecule has 2 amide bonds. The smallest absolute Gasteiger partial charge is 0.242 e. The van der Waals surface area contributed by atoms with Crippen molar-refractivity contribution in [3.05, 3.63) is 35.6 Å². The molecule has 7 heteroatoms. The molecular weight excluding hydrogens is 367 g/mol. The number of thioether (sulfide) groups is 1. The summed E-state index contributed by atoms with van der Waals surface area (Å²) >= 11 is 1.60. The fourth-order valence-electron chi connectivity index (χ4n) is 3.06. The van der Waals surface area contributed by atoms with Crippen molar-refractivity contribution in [3.8, 4) is 0 Å². The minimum atomic E-state index is -0.340. The van der Waals surface area contributed by atoms with Crippen LogP contribution in [0.25, 0.3) is 0 Å². The molecule has 0 bridgehead atoms. The maximum atomic E-state index is 13.9. The van der Waals surface area contributed by atoms with Crippen LogP contribution in [0.15, 0.2) is 24.3 Å². The van der Waals surface area contributed by atoms with Crippen molar-refractivity contribution in [3.63, 3.8) is 0 Å². The van der Waals surface area contributed by atoms with Gasteiger partial charge in [-0.25, -0.2) is 4.39 Å². The van der Waals surface area contributed by atoms with Crippen LogP contribution in [0.5, 0.6) is 0 Å². The molecule has 0 aliphatic carbocycles. The van der Waals surface area contributed by atoms with Gasteiger partial charge in [-0.15, -0.1) is 0 Å². The van der Waals surface area contributed by atoms with Crippen molar-refractivity contribution in [2.45, 2.75) is 33.0 Å². The monoisotopic (exact) mass is 396 g/mol. The van der Waals surface area contributed by atoms with Gasteiger partial charge in [0.05, 0.1) is 19.3 Å². The van der Waals surface area contributed by atoms with Gasteiger partial charge >= 0.3 is 0 Å². The molecule has 0 spiro atoms. The summed E-state index contributed by atoms with van der Waals surface area (Å²) in [5, 5.41) is 0. The minimum Gasteiger partial charge on any atom is -0.370 e. The number of nitrogens with zero attached hydrogens (tertiary/aromatic N) is 2. The highest BCUT2D eigenvalue weighted by molar-refractivity contribution is 7.98. The molecule has 1 fully saturated rings. The zero-order chi connectivity index (χ0) is 19.8. The van der Waals surface area contributed by atoms with E-state index in [1.165, 1.54) is 6.07 Å². The van der Waals surface area contributed by atoms with E-state index in [1.54, 1.807) is 39.8 Å². The summed E-state index contributed by atoms with van der Waals surface area (Å²) in [6.45, 7) is 5.68. The number of carbonyl (C=O) groups excluding carboxylic acids is 2. The van der Waals surface area contributed by atoms with Crippen molar-refractivity contribution in [1.82, 2.24) is 9.80 Å². The normalized spacial score (nSPS) is 18.1. The summed E-state index contributed by atoms with van der Waals surface area (Å²) in [6.07, 6.45) is 2.01. The molecule has 0 N–H and O–H groups in total. The van der Waals surface area contributed by atoms with Crippen LogP contribution in [0.4, 0.5) is 4.39 Å². The van der Waals surface area contributed by atoms with Crippen LogP contribution in [0.2, 0.25) is 0 Å². The standard InChI is InChI=1S/C20H29FN2O3S/c1-15(2)10-22-11-17(26-14-16-6-4-5-7-18(16)21)12-23(13-20(22)25)19(24)8-9-27-3/h4-7,15,17H,8-14H2,1-3H3. The SMILES string of the molecule is CSCCC(=O)N1CC(=O)N(CC(C)C)CC(OCc2ccccc2F)C1. The van der Waals surface area contributed by atoms with Crippen LogP contribution in [-0.2, 0) is 20.9 Å². The Labute approximate surface area is 165 Å². The van der Waals surface area contributed by atoms with Gasteiger partial charge in [-0.1, -0.05) is 32.0 Å². The number of amides is 2. The highest BCUT2D eigenvalue weighted by Gasteiger charge is 2.31. The van der Waals surface area contributed by atoms with Crippen molar-refractivity contribution >= 4 is 23.6 Å². The maximum absolute atomic E-state index is 13.9. The van der Waals surface area contributed by atoms with E-state index in [-0.39, 0.29) is 36.9 Å². The Balaban J connectivity index is 2.09. The van der Waals surface area contributed by atoms with Gasteiger partial charge in [0.15, 0.2) is 0 Å². The van der Waals surface area contributed by atoms with Gasteiger partial charge in [0.2, 0.25) is 11.8 Å². The number of hydrogen-bond donors (Lipinski definition) is 0. The van der Waals surface area contributed by atoms with Crippen molar-refractivity contribution in [1.29, 1.82) is 0 Å². The Morgan fingerprint density at radius 1 is 1.33 bits per heavy atom. The first kappa shape index (κ1) is 21.7. The van der Waals surface area contributed by atoms with E-state index in [0.29, 0.717) is 37.5 Å². The summed E-state index contributed by atoms with van der Waals surface area (Å²) < 4.78 is 19.8. The topological polar surface area (TPSA) is 49.9 Å². The van der Waals surface area contributed by atoms with Crippen LogP contribution < -0.4 is 0 Å². The molecule has 27 heavy (non-hydrogen) atoms. The number of halogens is 1. The lowest BCUT2D eigenvalue weighted by molar-refractivity contribution is -0.138. The minimum absolute atomic E-state index is 0.0383. The molecule has 1 aromatic carbocycles. The first-order valence-corrected chi connectivity index (χ1v) is 10.7. The second-order valence-corrected chi connectivity index (χ2v) is 8.22. The van der Waals surface area contributed by atoms with Gasteiger partial charge < -0.3 is 14.5 Å². The fraction of sp³-hybridized carbons (Fsp3) is 0.600. The molecule has 2 rings (SSSR count). The van der Waals surface area contributed by atoms with E-state index in [4.69, 9.17) is 4.74 Å². The first-order chi connectivity index (χ1) is 12.9. The quantitative estimate of drug-likeness (QED) is 0.678. The number of benzene rings is 1. The summed E-state index contributed by atoms with van der Waals surface area (Å²) in [7, 11) is 0. The molecule has 1 heterocycles. The van der Waals surface area contributed by atoms with E-state index in [9.17, 15) is 14.0 Å². The molecule has 5 nitrogen and oxygen atoms in total. The van der Waals surface area contributed by atoms with Crippen LogP contribution in [-0.4, -0.2) is 65.9 Å². The van der Waals surface area contributed by atoms with Crippen LogP contribution in [0.1, 0.15) is 25.8 Å². The Morgan fingerprint density at radius 2 is 2.07 bits per heavy atom. The molecule has 1 unspecified atom stereocenters. The summed E-state index contributed by atoms with van der Waals surface area (Å²) in [4.78, 5) is 28.5. The van der Waals surface area contributed by atoms with Gasteiger partial charge in [0, 0.05) is 37.4 Å². The van der Waals surface area contributed by atoms with Crippen LogP contribution in [0, 0.1) is 11.7 Å². The molecule has 1 aromatic rings. The molecule has 0 aromatic heterocycles. The Bertz CT molecular complexity index is 641. The third kappa shape index (κ3) is 6.81. The van der Waals surface area contributed by atoms with Crippen LogP contribution in [0.3, 0.4) is 0 Å². The number of rotatable bonds is 8. The highest BCUT2D eigenvalue weighted by Crippen LogP contribution is 2.15. The lowest BCUT2D eigenvalue weighted by atomic mass is 10.2. The van der Waals surface area contributed by atoms with Crippen molar-refractivity contribution in [2.24, 2.45) is 5.92 Å². The Kier molecular flexibility index (Phi) is 8.57. The lowest BCUT2D eigenvalue weighted by Crippen LogP contribution is -2.40. The largest absolute Gasteiger partial charge is 0.370 e. The molecular formula is C20H29FN2O3S. The molecule has 0 saturated carbocycles. The number of ether oxygens (including phenoxy) is 1. The lowest BCUT2D eigenvalue weighted by Gasteiger charge is -2.26. The molecule has 150 valence electrons. The average molecular weight is 397 g/mol. The van der Waals surface area contributed by atoms with Crippen molar-refractivity contribution < 1.29 is 18.7 Å². The van der Waals surface area contributed by atoms with E-state index >= 15 is 0 Å². The fourth-order valence-corrected chi connectivity index (χ4v) is 3.44. The first-order valence-electron chi connectivity index (χ1n) is 9.30. The maximum Gasteiger partial charge on any atom is 0.242 e. The number of hydrogen-bond acceptors (Lipinski definition) is 4. The van der Waals surface area contributed by atoms with Gasteiger partial charge in [0.25, 0.3) is 0 Å². The van der Waals surface area contributed by atoms with Gasteiger partial charge in [-0.2, -0.15) is 11.8 Å². The zero-order valence-electron chi connectivity index (χ0n) is 16.3. The molecule has 1 aliphatic heterocycles. The Morgan fingerprint density at radius 3 is 2.74 bits per heavy atom. The molecule has 1 aliphatic rings. The van der Waals surface area contributed by atoms with E-state index in [0.717, 1.165) is 5.75 Å².